The number of nitrogens with one attached hydrogen (secondary N) is 1. The molecule has 0 atom stereocenters. The Hall–Kier alpha value is -3.37. The number of carbonyl (C=O) groups excluding carboxylic acids is 1. The molecule has 7 nitrogen and oxygen atoms in total. The van der Waals surface area contributed by atoms with Gasteiger partial charge in [-0.2, -0.15) is 5.10 Å². The van der Waals surface area contributed by atoms with E-state index in [4.69, 9.17) is 0 Å². The van der Waals surface area contributed by atoms with Crippen LogP contribution < -0.4 is 5.43 Å². The highest BCUT2D eigenvalue weighted by Crippen LogP contribution is 2.29. The average Bonchev–Trinajstić information content (AvgIpc) is 3.29. The minimum atomic E-state index is -0.474. The molecule has 0 saturated carbocycles. The molecule has 0 fully saturated rings. The Balaban J connectivity index is 1.54. The van der Waals surface area contributed by atoms with E-state index in [0.717, 1.165) is 21.7 Å². The molecule has 10 heteroatoms. The maximum absolute atomic E-state index is 14.4. The molecule has 0 bridgehead atoms. The molecule has 4 aromatic rings. The fourth-order valence-corrected chi connectivity index (χ4v) is 4.69. The molecule has 32 heavy (non-hydrogen) atoms. The number of aromatic nitrogens is 1. The summed E-state index contributed by atoms with van der Waals surface area (Å²) >= 11 is 4.48. The van der Waals surface area contributed by atoms with Crippen molar-refractivity contribution in [2.24, 2.45) is 5.10 Å². The van der Waals surface area contributed by atoms with Crippen LogP contribution in [0.4, 0.5) is 10.1 Å². The minimum absolute atomic E-state index is 0.0298. The highest BCUT2D eigenvalue weighted by molar-refractivity contribution is 9.10. The van der Waals surface area contributed by atoms with Gasteiger partial charge in [-0.1, -0.05) is 15.9 Å². The summed E-state index contributed by atoms with van der Waals surface area (Å²) in [7, 11) is 0. The van der Waals surface area contributed by atoms with E-state index < -0.39 is 10.8 Å². The number of hydrazone groups is 1. The van der Waals surface area contributed by atoms with Crippen LogP contribution in [0.3, 0.4) is 0 Å². The van der Waals surface area contributed by atoms with Gasteiger partial charge in [-0.15, -0.1) is 11.3 Å². The van der Waals surface area contributed by atoms with Gasteiger partial charge in [0.05, 0.1) is 21.7 Å². The van der Waals surface area contributed by atoms with Crippen LogP contribution in [0, 0.1) is 29.8 Å². The normalized spacial score (nSPS) is 11.4. The molecule has 0 spiro atoms. The molecular weight excluding hydrogens is 499 g/mol. The molecule has 0 radical (unpaired) electrons. The van der Waals surface area contributed by atoms with Gasteiger partial charge in [-0.25, -0.2) is 9.82 Å². The average molecular weight is 515 g/mol. The summed E-state index contributed by atoms with van der Waals surface area (Å²) in [6, 6.07) is 12.8. The zero-order valence-electron chi connectivity index (χ0n) is 16.9. The zero-order valence-corrected chi connectivity index (χ0v) is 19.3. The SMILES string of the molecule is Cc1cc(/C=N\NC(=O)c2cc3cc([N+](=O)[O-])ccc3s2)c(C)n1-c1ccc(Br)cc1F. The number of carbonyl (C=O) groups is 1. The lowest BCUT2D eigenvalue weighted by atomic mass is 10.2. The van der Waals surface area contributed by atoms with Gasteiger partial charge in [0.1, 0.15) is 5.82 Å². The van der Waals surface area contributed by atoms with Gasteiger partial charge >= 0.3 is 0 Å². The molecule has 2 aromatic carbocycles. The predicted molar refractivity (Wildman–Crippen MR) is 126 cm³/mol. The number of amides is 1. The van der Waals surface area contributed by atoms with E-state index in [0.29, 0.717) is 20.4 Å². The van der Waals surface area contributed by atoms with Crippen molar-refractivity contribution in [3.05, 3.63) is 90.8 Å². The molecule has 0 saturated heterocycles. The third-order valence-corrected chi connectivity index (χ3v) is 6.53. The Morgan fingerprint density at radius 3 is 2.72 bits per heavy atom. The summed E-state index contributed by atoms with van der Waals surface area (Å²) < 4.78 is 17.6. The summed E-state index contributed by atoms with van der Waals surface area (Å²) in [6.07, 6.45) is 1.51. The number of non-ortho nitro benzene ring substituents is 1. The maximum atomic E-state index is 14.4. The number of nitro benzene ring substituents is 1. The summed E-state index contributed by atoms with van der Waals surface area (Å²) in [6.45, 7) is 3.71. The Morgan fingerprint density at radius 2 is 2.00 bits per heavy atom. The fourth-order valence-electron chi connectivity index (χ4n) is 3.42. The van der Waals surface area contributed by atoms with Gasteiger partial charge in [-0.3, -0.25) is 14.9 Å². The van der Waals surface area contributed by atoms with E-state index in [1.807, 2.05) is 19.9 Å². The molecule has 1 amide bonds. The van der Waals surface area contributed by atoms with Crippen LogP contribution in [0.15, 0.2) is 58.1 Å². The summed E-state index contributed by atoms with van der Waals surface area (Å²) in [5, 5.41) is 15.6. The number of nitro groups is 1. The van der Waals surface area contributed by atoms with E-state index >= 15 is 0 Å². The van der Waals surface area contributed by atoms with Crippen molar-refractivity contribution in [3.63, 3.8) is 0 Å². The first-order chi connectivity index (χ1) is 15.2. The lowest BCUT2D eigenvalue weighted by Gasteiger charge is -2.11. The topological polar surface area (TPSA) is 89.5 Å². The van der Waals surface area contributed by atoms with Crippen LogP contribution in [0.5, 0.6) is 0 Å². The third-order valence-electron chi connectivity index (χ3n) is 4.93. The molecular formula is C22H16BrFN4O3S. The van der Waals surface area contributed by atoms with E-state index in [1.54, 1.807) is 28.8 Å². The molecule has 0 aliphatic carbocycles. The third kappa shape index (κ3) is 4.19. The van der Waals surface area contributed by atoms with E-state index in [9.17, 15) is 19.3 Å². The Kier molecular flexibility index (Phi) is 5.90. The molecule has 162 valence electrons. The van der Waals surface area contributed by atoms with Gasteiger partial charge in [0, 0.05) is 43.6 Å². The second-order valence-corrected chi connectivity index (χ2v) is 9.05. The second kappa shape index (κ2) is 8.64. The van der Waals surface area contributed by atoms with Crippen LogP contribution >= 0.6 is 27.3 Å². The minimum Gasteiger partial charge on any atom is -0.315 e. The van der Waals surface area contributed by atoms with E-state index in [2.05, 4.69) is 26.5 Å². The maximum Gasteiger partial charge on any atom is 0.281 e. The van der Waals surface area contributed by atoms with Crippen LogP contribution in [0.2, 0.25) is 0 Å². The van der Waals surface area contributed by atoms with Gasteiger partial charge in [0.25, 0.3) is 11.6 Å². The first-order valence-electron chi connectivity index (χ1n) is 9.40. The Labute approximate surface area is 194 Å². The quantitative estimate of drug-likeness (QED) is 0.204. The fraction of sp³-hybridized carbons (Fsp3) is 0.0909. The van der Waals surface area contributed by atoms with Gasteiger partial charge in [-0.05, 0) is 50.2 Å². The predicted octanol–water partition coefficient (Wildman–Crippen LogP) is 5.88. The standard InChI is InChI=1S/C22H16BrFN4O3S/c1-12-7-15(13(2)27(12)19-5-3-16(23)10-18(19)24)11-25-26-22(29)21-9-14-8-17(28(30)31)4-6-20(14)32-21/h3-11H,1-2H3,(H,26,29)/b25-11-. The number of benzene rings is 2. The van der Waals surface area contributed by atoms with Crippen molar-refractivity contribution in [2.75, 3.05) is 0 Å². The number of thiophene rings is 1. The lowest BCUT2D eigenvalue weighted by molar-refractivity contribution is -0.384. The Bertz CT molecular complexity index is 1410. The van der Waals surface area contributed by atoms with Crippen molar-refractivity contribution in [1.82, 2.24) is 9.99 Å². The van der Waals surface area contributed by atoms with E-state index in [1.165, 1.54) is 35.8 Å². The van der Waals surface area contributed by atoms with Gasteiger partial charge < -0.3 is 4.57 Å². The van der Waals surface area contributed by atoms with Gasteiger partial charge in [0.15, 0.2) is 0 Å². The second-order valence-electron chi connectivity index (χ2n) is 7.05. The molecule has 2 heterocycles. The van der Waals surface area contributed by atoms with Crippen LogP contribution in [0.1, 0.15) is 26.6 Å². The molecule has 2 aromatic heterocycles. The number of aryl methyl sites for hydroxylation is 1. The molecule has 0 aliphatic heterocycles. The molecule has 4 rings (SSSR count). The molecule has 1 N–H and O–H groups in total. The van der Waals surface area contributed by atoms with Crippen molar-refractivity contribution >= 4 is 55.2 Å². The monoisotopic (exact) mass is 514 g/mol. The van der Waals surface area contributed by atoms with Crippen molar-refractivity contribution in [2.45, 2.75) is 13.8 Å². The number of nitrogens with zero attached hydrogens (tertiary/aromatic N) is 3. The van der Waals surface area contributed by atoms with E-state index in [-0.39, 0.29) is 11.5 Å². The van der Waals surface area contributed by atoms with Crippen molar-refractivity contribution < 1.29 is 14.1 Å². The van der Waals surface area contributed by atoms with Crippen LogP contribution in [-0.4, -0.2) is 21.6 Å². The van der Waals surface area contributed by atoms with Crippen molar-refractivity contribution in [1.29, 1.82) is 0 Å². The van der Waals surface area contributed by atoms with Gasteiger partial charge in [0.2, 0.25) is 0 Å². The number of hydrogen-bond donors (Lipinski definition) is 1. The largest absolute Gasteiger partial charge is 0.315 e. The highest BCUT2D eigenvalue weighted by Gasteiger charge is 2.15. The number of halogens is 2. The van der Waals surface area contributed by atoms with Crippen LogP contribution in [-0.2, 0) is 0 Å². The summed E-state index contributed by atoms with van der Waals surface area (Å²) in [4.78, 5) is 23.3. The van der Waals surface area contributed by atoms with Crippen LogP contribution in [0.25, 0.3) is 15.8 Å². The number of rotatable bonds is 5. The molecule has 0 unspecified atom stereocenters. The lowest BCUT2D eigenvalue weighted by Crippen LogP contribution is -2.16. The summed E-state index contributed by atoms with van der Waals surface area (Å²) in [5.41, 5.74) is 5.20. The smallest absolute Gasteiger partial charge is 0.281 e. The first kappa shape index (κ1) is 21.8. The first-order valence-corrected chi connectivity index (χ1v) is 11.0. The summed E-state index contributed by atoms with van der Waals surface area (Å²) in [5.74, 6) is -0.777. The molecule has 0 aliphatic rings. The van der Waals surface area contributed by atoms with Crippen molar-refractivity contribution in [3.8, 4) is 5.69 Å². The number of hydrogen-bond acceptors (Lipinski definition) is 5. The highest BCUT2D eigenvalue weighted by atomic mass is 79.9. The Morgan fingerprint density at radius 1 is 1.22 bits per heavy atom. The zero-order chi connectivity index (χ0) is 23.0. The number of fused-ring (bicyclic) bond motifs is 1.